The van der Waals surface area contributed by atoms with Crippen molar-refractivity contribution in [2.75, 3.05) is 5.75 Å². The van der Waals surface area contributed by atoms with Gasteiger partial charge in [-0.1, -0.05) is 30.0 Å². The maximum Gasteiger partial charge on any atom is 0.265 e. The Kier molecular flexibility index (Phi) is 4.51. The molecule has 1 aromatic carbocycles. The highest BCUT2D eigenvalue weighted by molar-refractivity contribution is 7.99. The molecule has 1 N–H and O–H groups in total. The number of para-hydroxylation sites is 1. The van der Waals surface area contributed by atoms with Crippen molar-refractivity contribution >= 4 is 28.7 Å². The topological polar surface area (TPSA) is 81.8 Å². The van der Waals surface area contributed by atoms with E-state index in [2.05, 4.69) is 10.4 Å². The van der Waals surface area contributed by atoms with E-state index in [1.807, 2.05) is 45.0 Å². The second-order valence-corrected chi connectivity index (χ2v) is 8.03. The lowest BCUT2D eigenvalue weighted by Crippen LogP contribution is -2.34. The fourth-order valence-electron chi connectivity index (χ4n) is 3.35. The fourth-order valence-corrected chi connectivity index (χ4v) is 4.48. The van der Waals surface area contributed by atoms with Crippen molar-refractivity contribution in [2.45, 2.75) is 44.4 Å². The van der Waals surface area contributed by atoms with E-state index in [0.717, 1.165) is 11.3 Å². The van der Waals surface area contributed by atoms with E-state index in [0.29, 0.717) is 21.9 Å². The number of benzene rings is 1. The Balaban J connectivity index is 1.76. The van der Waals surface area contributed by atoms with Crippen LogP contribution in [0.25, 0.3) is 16.7 Å². The van der Waals surface area contributed by atoms with Crippen molar-refractivity contribution in [3.05, 3.63) is 46.4 Å². The number of aryl methyl sites for hydroxylation is 1. The maximum atomic E-state index is 13.1. The summed E-state index contributed by atoms with van der Waals surface area (Å²) in [4.78, 5) is 29.9. The third kappa shape index (κ3) is 3.14. The zero-order valence-corrected chi connectivity index (χ0v) is 16.3. The lowest BCUT2D eigenvalue weighted by molar-refractivity contribution is -0.122. The quantitative estimate of drug-likeness (QED) is 0.700. The number of carbonyl (C=O) groups is 1. The summed E-state index contributed by atoms with van der Waals surface area (Å²) >= 11 is 1.51. The molecule has 2 aromatic heterocycles. The maximum absolute atomic E-state index is 13.1. The molecule has 27 heavy (non-hydrogen) atoms. The summed E-state index contributed by atoms with van der Waals surface area (Å²) in [6, 6.07) is 7.76. The van der Waals surface area contributed by atoms with Crippen LogP contribution >= 0.6 is 11.8 Å². The average molecular weight is 383 g/mol. The first-order chi connectivity index (χ1) is 13.0. The molecule has 0 saturated heterocycles. The number of fused-ring (bicyclic) bond motifs is 2. The molecule has 4 rings (SSSR count). The van der Waals surface area contributed by atoms with Crippen LogP contribution < -0.4 is 10.9 Å². The van der Waals surface area contributed by atoms with Gasteiger partial charge in [0, 0.05) is 18.2 Å². The van der Waals surface area contributed by atoms with Crippen LogP contribution in [0.15, 0.2) is 40.4 Å². The molecule has 1 amide bonds. The summed E-state index contributed by atoms with van der Waals surface area (Å²) in [7, 11) is 0. The van der Waals surface area contributed by atoms with Crippen LogP contribution in [0.4, 0.5) is 0 Å². The molecule has 3 heterocycles. The van der Waals surface area contributed by atoms with Crippen LogP contribution in [-0.2, 0) is 4.79 Å². The molecule has 1 atom stereocenters. The molecule has 0 aliphatic carbocycles. The normalized spacial score (nSPS) is 16.1. The van der Waals surface area contributed by atoms with Crippen molar-refractivity contribution < 1.29 is 4.79 Å². The molecule has 140 valence electrons. The van der Waals surface area contributed by atoms with E-state index in [1.165, 1.54) is 11.8 Å². The number of rotatable bonds is 4. The standard InChI is InChI=1S/C19H21N5O2S/c1-11(2)21-16(25)8-13-10-27-19-22-17-14(18(26)23(13)19)9-20-24(17)15-7-5-4-6-12(15)3/h4-7,9,11,13H,8,10H2,1-3H3,(H,21,25). The summed E-state index contributed by atoms with van der Waals surface area (Å²) in [6.45, 7) is 5.85. The van der Waals surface area contributed by atoms with Gasteiger partial charge < -0.3 is 5.32 Å². The molecule has 0 saturated carbocycles. The van der Waals surface area contributed by atoms with Crippen molar-refractivity contribution in [2.24, 2.45) is 0 Å². The van der Waals surface area contributed by atoms with Crippen molar-refractivity contribution in [1.82, 2.24) is 24.6 Å². The number of hydrogen-bond acceptors (Lipinski definition) is 5. The minimum absolute atomic E-state index is 0.0500. The summed E-state index contributed by atoms with van der Waals surface area (Å²) in [5.74, 6) is 0.615. The largest absolute Gasteiger partial charge is 0.354 e. The van der Waals surface area contributed by atoms with Crippen LogP contribution in [-0.4, -0.2) is 37.0 Å². The molecule has 0 spiro atoms. The first-order valence-electron chi connectivity index (χ1n) is 8.94. The predicted molar refractivity (Wildman–Crippen MR) is 106 cm³/mol. The molecule has 0 bridgehead atoms. The Morgan fingerprint density at radius 2 is 2.15 bits per heavy atom. The van der Waals surface area contributed by atoms with Crippen LogP contribution in [0.3, 0.4) is 0 Å². The molecule has 1 aliphatic rings. The first kappa shape index (κ1) is 17.8. The summed E-state index contributed by atoms with van der Waals surface area (Å²) in [6.07, 6.45) is 1.84. The molecule has 1 unspecified atom stereocenters. The monoisotopic (exact) mass is 383 g/mol. The van der Waals surface area contributed by atoms with Gasteiger partial charge in [-0.2, -0.15) is 5.10 Å². The first-order valence-corrected chi connectivity index (χ1v) is 9.92. The molecular formula is C19H21N5O2S. The van der Waals surface area contributed by atoms with Gasteiger partial charge in [0.2, 0.25) is 5.91 Å². The number of carbonyl (C=O) groups excluding carboxylic acids is 1. The van der Waals surface area contributed by atoms with Crippen molar-refractivity contribution in [3.63, 3.8) is 0 Å². The third-order valence-corrected chi connectivity index (χ3v) is 5.68. The fraction of sp³-hybridized carbons (Fsp3) is 0.368. The van der Waals surface area contributed by atoms with Crippen LogP contribution in [0.1, 0.15) is 31.9 Å². The predicted octanol–water partition coefficient (Wildman–Crippen LogP) is 2.45. The highest BCUT2D eigenvalue weighted by Crippen LogP contribution is 2.33. The van der Waals surface area contributed by atoms with E-state index in [-0.39, 0.29) is 30.0 Å². The van der Waals surface area contributed by atoms with Gasteiger partial charge in [0.05, 0.1) is 17.9 Å². The number of hydrogen-bond donors (Lipinski definition) is 1. The van der Waals surface area contributed by atoms with Crippen molar-refractivity contribution in [3.8, 4) is 5.69 Å². The minimum atomic E-state index is -0.185. The van der Waals surface area contributed by atoms with Crippen LogP contribution in [0, 0.1) is 6.92 Å². The van der Waals surface area contributed by atoms with Gasteiger partial charge in [0.25, 0.3) is 5.56 Å². The minimum Gasteiger partial charge on any atom is -0.354 e. The number of thioether (sulfide) groups is 1. The number of nitrogens with zero attached hydrogens (tertiary/aromatic N) is 4. The van der Waals surface area contributed by atoms with Gasteiger partial charge in [0.15, 0.2) is 10.8 Å². The van der Waals surface area contributed by atoms with Gasteiger partial charge in [0.1, 0.15) is 5.39 Å². The Hall–Kier alpha value is -2.61. The summed E-state index contributed by atoms with van der Waals surface area (Å²) in [5, 5.41) is 8.41. The van der Waals surface area contributed by atoms with Gasteiger partial charge in [-0.25, -0.2) is 9.67 Å². The van der Waals surface area contributed by atoms with Crippen molar-refractivity contribution in [1.29, 1.82) is 0 Å². The van der Waals surface area contributed by atoms with Gasteiger partial charge in [-0.3, -0.25) is 14.2 Å². The zero-order valence-electron chi connectivity index (χ0n) is 15.5. The molecule has 3 aromatic rings. The van der Waals surface area contributed by atoms with E-state index < -0.39 is 0 Å². The zero-order chi connectivity index (χ0) is 19.1. The van der Waals surface area contributed by atoms with Crippen LogP contribution in [0.5, 0.6) is 0 Å². The lowest BCUT2D eigenvalue weighted by atomic mass is 10.2. The highest BCUT2D eigenvalue weighted by Gasteiger charge is 2.29. The Bertz CT molecular complexity index is 1090. The molecule has 1 aliphatic heterocycles. The number of amides is 1. The smallest absolute Gasteiger partial charge is 0.265 e. The second-order valence-electron chi connectivity index (χ2n) is 7.04. The molecule has 0 radical (unpaired) electrons. The molecular weight excluding hydrogens is 362 g/mol. The van der Waals surface area contributed by atoms with Gasteiger partial charge in [-0.15, -0.1) is 0 Å². The molecule has 0 fully saturated rings. The van der Waals surface area contributed by atoms with E-state index in [1.54, 1.807) is 15.4 Å². The molecule has 8 heteroatoms. The summed E-state index contributed by atoms with van der Waals surface area (Å²) in [5.41, 5.74) is 2.38. The van der Waals surface area contributed by atoms with Crippen LogP contribution in [0.2, 0.25) is 0 Å². The van der Waals surface area contributed by atoms with Gasteiger partial charge in [-0.05, 0) is 32.4 Å². The summed E-state index contributed by atoms with van der Waals surface area (Å²) < 4.78 is 3.36. The van der Waals surface area contributed by atoms with E-state index in [4.69, 9.17) is 4.98 Å². The van der Waals surface area contributed by atoms with E-state index in [9.17, 15) is 9.59 Å². The van der Waals surface area contributed by atoms with E-state index >= 15 is 0 Å². The third-order valence-electron chi connectivity index (χ3n) is 4.58. The Morgan fingerprint density at radius 3 is 2.89 bits per heavy atom. The Labute approximate surface area is 160 Å². The second kappa shape index (κ2) is 6.84. The van der Waals surface area contributed by atoms with Gasteiger partial charge >= 0.3 is 0 Å². The average Bonchev–Trinajstić information content (AvgIpc) is 3.20. The Morgan fingerprint density at radius 1 is 1.37 bits per heavy atom. The lowest BCUT2D eigenvalue weighted by Gasteiger charge is -2.14. The number of aromatic nitrogens is 4. The molecule has 7 nitrogen and oxygen atoms in total. The number of nitrogens with one attached hydrogen (secondary N) is 1. The highest BCUT2D eigenvalue weighted by atomic mass is 32.2. The SMILES string of the molecule is Cc1ccccc1-n1ncc2c(=O)n3c(nc21)SCC3CC(=O)NC(C)C.